The molecule has 0 aliphatic heterocycles. The van der Waals surface area contributed by atoms with Crippen molar-refractivity contribution in [3.63, 3.8) is 0 Å². The Morgan fingerprint density at radius 1 is 1.28 bits per heavy atom. The summed E-state index contributed by atoms with van der Waals surface area (Å²) in [5, 5.41) is 2.77. The number of ketones is 1. The molecule has 1 N–H and O–H groups in total. The lowest BCUT2D eigenvalue weighted by Crippen LogP contribution is -2.47. The number of Topliss-reactive ketones (excluding diaryl/α,β-unsaturated/α-hetero) is 1. The van der Waals surface area contributed by atoms with Crippen LogP contribution in [-0.4, -0.2) is 17.7 Å². The van der Waals surface area contributed by atoms with Crippen LogP contribution in [0.3, 0.4) is 0 Å². The molecule has 0 spiro atoms. The van der Waals surface area contributed by atoms with Gasteiger partial charge < -0.3 is 5.32 Å². The highest BCUT2D eigenvalue weighted by atomic mass is 16.2. The quantitative estimate of drug-likeness (QED) is 0.862. The number of amides is 1. The maximum atomic E-state index is 11.7. The Morgan fingerprint density at radius 3 is 2.44 bits per heavy atom. The largest absolute Gasteiger partial charge is 0.346 e. The molecule has 1 atom stereocenters. The van der Waals surface area contributed by atoms with Crippen molar-refractivity contribution in [1.82, 2.24) is 5.32 Å². The first-order valence-corrected chi connectivity index (χ1v) is 6.59. The van der Waals surface area contributed by atoms with E-state index < -0.39 is 0 Å². The second kappa shape index (κ2) is 5.80. The molecule has 1 aromatic rings. The van der Waals surface area contributed by atoms with Gasteiger partial charge in [-0.2, -0.15) is 0 Å². The van der Waals surface area contributed by atoms with Crippen molar-refractivity contribution in [2.24, 2.45) is 0 Å². The molecule has 3 heteroatoms. The average Bonchev–Trinajstić information content (AvgIpc) is 2.37. The molecular weight excluding hydrogens is 226 g/mol. The fourth-order valence-corrected chi connectivity index (χ4v) is 2.10. The van der Waals surface area contributed by atoms with Crippen LogP contribution in [0, 0.1) is 0 Å². The van der Waals surface area contributed by atoms with Crippen LogP contribution in [0.4, 0.5) is 0 Å². The van der Waals surface area contributed by atoms with Crippen LogP contribution in [0.5, 0.6) is 0 Å². The Kier molecular flexibility index (Phi) is 4.13. The molecule has 1 aliphatic carbocycles. The van der Waals surface area contributed by atoms with Gasteiger partial charge in [-0.25, -0.2) is 0 Å². The number of hydrogen-bond donors (Lipinski definition) is 1. The molecule has 1 aromatic carbocycles. The Bertz CT molecular complexity index is 436. The molecule has 1 fully saturated rings. The van der Waals surface area contributed by atoms with Crippen LogP contribution < -0.4 is 5.32 Å². The molecule has 96 valence electrons. The fourth-order valence-electron chi connectivity index (χ4n) is 2.10. The average molecular weight is 245 g/mol. The predicted octanol–water partition coefficient (Wildman–Crippen LogP) is 2.03. The molecule has 0 saturated heterocycles. The van der Waals surface area contributed by atoms with E-state index in [1.807, 2.05) is 12.1 Å². The van der Waals surface area contributed by atoms with Gasteiger partial charge in [-0.1, -0.05) is 37.6 Å². The molecule has 0 radical (unpaired) electrons. The van der Waals surface area contributed by atoms with Gasteiger partial charge in [0.15, 0.2) is 5.78 Å². The number of carbonyl (C=O) groups excluding carboxylic acids is 2. The first-order valence-electron chi connectivity index (χ1n) is 6.59. The Morgan fingerprint density at radius 2 is 1.94 bits per heavy atom. The van der Waals surface area contributed by atoms with E-state index in [4.69, 9.17) is 0 Å². The summed E-state index contributed by atoms with van der Waals surface area (Å²) in [6.45, 7) is 2.15. The normalized spacial score (nSPS) is 18.3. The smallest absolute Gasteiger partial charge is 0.224 e. The molecule has 1 aliphatic rings. The van der Waals surface area contributed by atoms with Crippen LogP contribution in [0.1, 0.15) is 37.3 Å². The minimum absolute atomic E-state index is 0.0590. The lowest BCUT2D eigenvalue weighted by atomic mass is 9.91. The first-order chi connectivity index (χ1) is 8.69. The Labute approximate surface area is 108 Å². The molecule has 0 heterocycles. The highest BCUT2D eigenvalue weighted by Crippen LogP contribution is 2.14. The van der Waals surface area contributed by atoms with Gasteiger partial charge in [0.05, 0.1) is 12.5 Å². The third-order valence-corrected chi connectivity index (χ3v) is 3.33. The molecule has 1 amide bonds. The second-order valence-electron chi connectivity index (χ2n) is 4.87. The minimum atomic E-state index is -0.225. The van der Waals surface area contributed by atoms with Gasteiger partial charge in [0, 0.05) is 6.42 Å². The van der Waals surface area contributed by atoms with Gasteiger partial charge in [-0.3, -0.25) is 9.59 Å². The SMILES string of the molecule is CCCc1ccc(CC(=O)N[C@H]2CCC2=O)cc1. The molecule has 18 heavy (non-hydrogen) atoms. The Hall–Kier alpha value is -1.64. The molecular formula is C15H19NO2. The lowest BCUT2D eigenvalue weighted by Gasteiger charge is -2.24. The van der Waals surface area contributed by atoms with Gasteiger partial charge in [-0.15, -0.1) is 0 Å². The summed E-state index contributed by atoms with van der Waals surface area (Å²) in [6, 6.07) is 7.90. The zero-order valence-corrected chi connectivity index (χ0v) is 10.7. The van der Waals surface area contributed by atoms with E-state index in [1.165, 1.54) is 5.56 Å². The number of carbonyl (C=O) groups is 2. The van der Waals surface area contributed by atoms with Crippen molar-refractivity contribution in [2.45, 2.75) is 45.1 Å². The molecule has 1 saturated carbocycles. The van der Waals surface area contributed by atoms with E-state index in [0.29, 0.717) is 12.8 Å². The van der Waals surface area contributed by atoms with Crippen LogP contribution in [-0.2, 0) is 22.4 Å². The monoisotopic (exact) mass is 245 g/mol. The fraction of sp³-hybridized carbons (Fsp3) is 0.467. The van der Waals surface area contributed by atoms with E-state index in [1.54, 1.807) is 0 Å². The van der Waals surface area contributed by atoms with Crippen molar-refractivity contribution in [3.05, 3.63) is 35.4 Å². The van der Waals surface area contributed by atoms with Gasteiger partial charge in [0.25, 0.3) is 0 Å². The summed E-state index contributed by atoms with van der Waals surface area (Å²) in [6.07, 6.45) is 3.96. The number of benzene rings is 1. The molecule has 0 unspecified atom stereocenters. The summed E-state index contributed by atoms with van der Waals surface area (Å²) in [5.74, 6) is 0.0953. The van der Waals surface area contributed by atoms with Crippen LogP contribution >= 0.6 is 0 Å². The second-order valence-corrected chi connectivity index (χ2v) is 4.87. The van der Waals surface area contributed by atoms with Gasteiger partial charge in [0.2, 0.25) is 5.91 Å². The summed E-state index contributed by atoms with van der Waals surface area (Å²) in [5.41, 5.74) is 2.30. The third-order valence-electron chi connectivity index (χ3n) is 3.33. The molecule has 3 nitrogen and oxygen atoms in total. The standard InChI is InChI=1S/C15H19NO2/c1-2-3-11-4-6-12(7-5-11)10-15(18)16-13-8-9-14(13)17/h4-7,13H,2-3,8-10H2,1H3,(H,16,18)/t13-/m0/s1. The van der Waals surface area contributed by atoms with E-state index in [0.717, 1.165) is 24.8 Å². The molecule has 2 rings (SSSR count). The summed E-state index contributed by atoms with van der Waals surface area (Å²) < 4.78 is 0. The molecule has 0 aromatic heterocycles. The van der Waals surface area contributed by atoms with Crippen LogP contribution in [0.25, 0.3) is 0 Å². The van der Waals surface area contributed by atoms with Crippen LogP contribution in [0.15, 0.2) is 24.3 Å². The van der Waals surface area contributed by atoms with Crippen molar-refractivity contribution < 1.29 is 9.59 Å². The van der Waals surface area contributed by atoms with Crippen molar-refractivity contribution in [3.8, 4) is 0 Å². The number of nitrogens with one attached hydrogen (secondary N) is 1. The van der Waals surface area contributed by atoms with Crippen molar-refractivity contribution in [1.29, 1.82) is 0 Å². The van der Waals surface area contributed by atoms with Crippen molar-refractivity contribution >= 4 is 11.7 Å². The highest BCUT2D eigenvalue weighted by Gasteiger charge is 2.29. The maximum Gasteiger partial charge on any atom is 0.224 e. The Balaban J connectivity index is 1.84. The molecule has 0 bridgehead atoms. The van der Waals surface area contributed by atoms with Gasteiger partial charge in [-0.05, 0) is 24.0 Å². The van der Waals surface area contributed by atoms with Crippen molar-refractivity contribution in [2.75, 3.05) is 0 Å². The van der Waals surface area contributed by atoms with E-state index in [9.17, 15) is 9.59 Å². The topological polar surface area (TPSA) is 46.2 Å². The zero-order chi connectivity index (χ0) is 13.0. The number of hydrogen-bond acceptors (Lipinski definition) is 2. The van der Waals surface area contributed by atoms with E-state index >= 15 is 0 Å². The van der Waals surface area contributed by atoms with E-state index in [-0.39, 0.29) is 17.7 Å². The first kappa shape index (κ1) is 12.8. The number of rotatable bonds is 5. The van der Waals surface area contributed by atoms with E-state index in [2.05, 4.69) is 24.4 Å². The predicted molar refractivity (Wildman–Crippen MR) is 70.3 cm³/mol. The third kappa shape index (κ3) is 3.19. The minimum Gasteiger partial charge on any atom is -0.346 e. The highest BCUT2D eigenvalue weighted by molar-refractivity contribution is 5.93. The summed E-state index contributed by atoms with van der Waals surface area (Å²) in [7, 11) is 0. The zero-order valence-electron chi connectivity index (χ0n) is 10.7. The van der Waals surface area contributed by atoms with Gasteiger partial charge in [0.1, 0.15) is 0 Å². The maximum absolute atomic E-state index is 11.7. The van der Waals surface area contributed by atoms with Crippen LogP contribution in [0.2, 0.25) is 0 Å². The number of aryl methyl sites for hydroxylation is 1. The van der Waals surface area contributed by atoms with Gasteiger partial charge >= 0.3 is 0 Å². The summed E-state index contributed by atoms with van der Waals surface area (Å²) >= 11 is 0. The summed E-state index contributed by atoms with van der Waals surface area (Å²) in [4.78, 5) is 22.8. The lowest BCUT2D eigenvalue weighted by molar-refractivity contribution is -0.131.